The van der Waals surface area contributed by atoms with Gasteiger partial charge >= 0.3 is 0 Å². The van der Waals surface area contributed by atoms with Crippen LogP contribution in [0, 0.1) is 0 Å². The highest BCUT2D eigenvalue weighted by molar-refractivity contribution is 6.15. The molecule has 51 heavy (non-hydrogen) atoms. The first-order valence-electron chi connectivity index (χ1n) is 17.4. The second kappa shape index (κ2) is 12.1. The summed E-state index contributed by atoms with van der Waals surface area (Å²) in [5, 5.41) is 14.6. The molecule has 0 aliphatic carbocycles. The van der Waals surface area contributed by atoms with Crippen LogP contribution in [-0.4, -0.2) is 5.84 Å². The average molecular weight is 656 g/mol. The summed E-state index contributed by atoms with van der Waals surface area (Å²) in [6.07, 6.45) is -0.469. The molecule has 4 nitrogen and oxygen atoms in total. The summed E-state index contributed by atoms with van der Waals surface area (Å²) in [5.74, 6) is 0.854. The molecular weight excluding hydrogens is 623 g/mol. The van der Waals surface area contributed by atoms with Gasteiger partial charge in [-0.05, 0) is 55.9 Å². The van der Waals surface area contributed by atoms with Gasteiger partial charge in [0.25, 0.3) is 0 Å². The Hall–Kier alpha value is -6.49. The molecule has 0 amide bonds. The number of benzene rings is 8. The first kappa shape index (κ1) is 29.4. The summed E-state index contributed by atoms with van der Waals surface area (Å²) >= 11 is 0. The number of amidine groups is 1. The summed E-state index contributed by atoms with van der Waals surface area (Å²) in [7, 11) is 0. The number of hydrogen-bond acceptors (Lipinski definition) is 4. The second-order valence-corrected chi connectivity index (χ2v) is 13.2. The van der Waals surface area contributed by atoms with Crippen molar-refractivity contribution in [3.63, 3.8) is 0 Å². The van der Waals surface area contributed by atoms with Crippen molar-refractivity contribution in [3.05, 3.63) is 193 Å². The minimum Gasteiger partial charge on any atom is -0.455 e. The number of rotatable bonds is 5. The normalized spacial score (nSPS) is 16.0. The first-order chi connectivity index (χ1) is 25.3. The Bertz CT molecular complexity index is 2740. The molecule has 2 N–H and O–H groups in total. The van der Waals surface area contributed by atoms with Crippen molar-refractivity contribution >= 4 is 49.3 Å². The van der Waals surface area contributed by atoms with Gasteiger partial charge in [0.1, 0.15) is 29.3 Å². The Kier molecular flexibility index (Phi) is 7.00. The molecule has 0 fully saturated rings. The largest absolute Gasteiger partial charge is 0.455 e. The molecule has 0 saturated carbocycles. The molecule has 242 valence electrons. The van der Waals surface area contributed by atoms with E-state index in [1.54, 1.807) is 0 Å². The summed E-state index contributed by atoms with van der Waals surface area (Å²) in [5.41, 5.74) is 9.61. The molecule has 0 bridgehead atoms. The highest BCUT2D eigenvalue weighted by Gasteiger charge is 2.29. The lowest BCUT2D eigenvalue weighted by atomic mass is 9.93. The van der Waals surface area contributed by atoms with Crippen molar-refractivity contribution < 1.29 is 4.42 Å². The Balaban J connectivity index is 1.14. The molecular formula is C47H33N3O. The van der Waals surface area contributed by atoms with E-state index in [1.165, 1.54) is 27.3 Å². The fourth-order valence-corrected chi connectivity index (χ4v) is 7.63. The van der Waals surface area contributed by atoms with Crippen molar-refractivity contribution in [1.82, 2.24) is 10.6 Å². The third-order valence-corrected chi connectivity index (χ3v) is 10.2. The maximum Gasteiger partial charge on any atom is 0.143 e. The first-order valence-corrected chi connectivity index (χ1v) is 17.4. The average Bonchev–Trinajstić information content (AvgIpc) is 3.58. The van der Waals surface area contributed by atoms with Crippen LogP contribution < -0.4 is 10.6 Å². The number of nitrogens with zero attached hydrogens (tertiary/aromatic N) is 1. The van der Waals surface area contributed by atoms with E-state index in [9.17, 15) is 0 Å². The molecule has 0 radical (unpaired) electrons. The third kappa shape index (κ3) is 5.16. The zero-order chi connectivity index (χ0) is 33.7. The van der Waals surface area contributed by atoms with Crippen molar-refractivity contribution in [1.29, 1.82) is 0 Å². The third-order valence-electron chi connectivity index (χ3n) is 10.2. The lowest BCUT2D eigenvalue weighted by Gasteiger charge is -2.32. The smallest absolute Gasteiger partial charge is 0.143 e. The summed E-state index contributed by atoms with van der Waals surface area (Å²) < 4.78 is 6.89. The monoisotopic (exact) mass is 655 g/mol. The number of furan rings is 1. The van der Waals surface area contributed by atoms with Crippen LogP contribution in [0.5, 0.6) is 0 Å². The minimum atomic E-state index is -0.236. The molecule has 4 heteroatoms. The summed E-state index contributed by atoms with van der Waals surface area (Å²) in [6.45, 7) is 0. The van der Waals surface area contributed by atoms with Gasteiger partial charge < -0.3 is 9.73 Å². The van der Waals surface area contributed by atoms with Crippen LogP contribution >= 0.6 is 0 Å². The summed E-state index contributed by atoms with van der Waals surface area (Å²) in [6, 6.07) is 62.2. The van der Waals surface area contributed by atoms with Gasteiger partial charge in [0.05, 0.1) is 0 Å². The van der Waals surface area contributed by atoms with Gasteiger partial charge in [0.2, 0.25) is 0 Å². The van der Waals surface area contributed by atoms with E-state index in [0.29, 0.717) is 0 Å². The van der Waals surface area contributed by atoms with Crippen LogP contribution in [-0.2, 0) is 0 Å². The number of aliphatic imine (C=N–C) groups is 1. The molecule has 0 saturated heterocycles. The molecule has 1 aliphatic heterocycles. The van der Waals surface area contributed by atoms with Crippen LogP contribution in [0.25, 0.3) is 65.7 Å². The Morgan fingerprint density at radius 2 is 1.14 bits per heavy atom. The van der Waals surface area contributed by atoms with Gasteiger partial charge in [0.15, 0.2) is 0 Å². The predicted octanol–water partition coefficient (Wildman–Crippen LogP) is 11.6. The van der Waals surface area contributed by atoms with E-state index in [0.717, 1.165) is 61.0 Å². The summed E-state index contributed by atoms with van der Waals surface area (Å²) in [4.78, 5) is 5.16. The lowest BCUT2D eigenvalue weighted by molar-refractivity contribution is 0.411. The van der Waals surface area contributed by atoms with Crippen LogP contribution in [0.4, 0.5) is 0 Å². The van der Waals surface area contributed by atoms with E-state index in [4.69, 9.17) is 9.41 Å². The van der Waals surface area contributed by atoms with Crippen molar-refractivity contribution in [3.8, 4) is 22.3 Å². The topological polar surface area (TPSA) is 49.6 Å². The van der Waals surface area contributed by atoms with E-state index < -0.39 is 0 Å². The van der Waals surface area contributed by atoms with Gasteiger partial charge in [-0.25, -0.2) is 4.99 Å². The lowest BCUT2D eigenvalue weighted by Crippen LogP contribution is -2.45. The van der Waals surface area contributed by atoms with Crippen LogP contribution in [0.2, 0.25) is 0 Å². The standard InChI is InChI=1S/C47H33N3O/c1-3-13-33(14-4-1)45-48-46(34-15-5-2-6-16-34)50-47(49-45)40-27-26-39(44-43(40)41-28-35-17-7-8-18-36(35)29-42(41)51-44)32-24-22-31(23-25-32)38-21-11-19-30-12-9-10-20-37(30)38/h1-29,45,47,49H,(H,48,50). The van der Waals surface area contributed by atoms with E-state index in [1.807, 2.05) is 12.1 Å². The zero-order valence-corrected chi connectivity index (χ0v) is 27.8. The molecule has 9 aromatic rings. The fraction of sp³-hybridized carbons (Fsp3) is 0.0426. The number of fused-ring (bicyclic) bond motifs is 5. The van der Waals surface area contributed by atoms with Gasteiger partial charge in [0, 0.05) is 27.5 Å². The second-order valence-electron chi connectivity index (χ2n) is 13.2. The van der Waals surface area contributed by atoms with E-state index in [-0.39, 0.29) is 12.3 Å². The minimum absolute atomic E-state index is 0.233. The maximum atomic E-state index is 6.89. The molecule has 2 heterocycles. The Morgan fingerprint density at radius 3 is 1.92 bits per heavy atom. The molecule has 8 aromatic carbocycles. The van der Waals surface area contributed by atoms with Crippen molar-refractivity contribution in [2.45, 2.75) is 12.3 Å². The highest BCUT2D eigenvalue weighted by atomic mass is 16.3. The van der Waals surface area contributed by atoms with Crippen molar-refractivity contribution in [2.24, 2.45) is 4.99 Å². The maximum absolute atomic E-state index is 6.89. The van der Waals surface area contributed by atoms with Crippen LogP contribution in [0.3, 0.4) is 0 Å². The Morgan fingerprint density at radius 1 is 0.490 bits per heavy atom. The molecule has 1 aliphatic rings. The van der Waals surface area contributed by atoms with Crippen LogP contribution in [0.1, 0.15) is 29.0 Å². The SMILES string of the molecule is c1ccc(C2=NC(c3ccccc3)NC(c3ccc(-c4ccc(-c5cccc6ccccc56)cc4)c4oc5cc6ccccc6cc5c34)N2)cc1. The van der Waals surface area contributed by atoms with Crippen LogP contribution in [0.15, 0.2) is 185 Å². The molecule has 0 spiro atoms. The Labute approximate surface area is 295 Å². The highest BCUT2D eigenvalue weighted by Crippen LogP contribution is 2.42. The molecule has 1 aromatic heterocycles. The molecule has 10 rings (SSSR count). The van der Waals surface area contributed by atoms with E-state index in [2.05, 4.69) is 174 Å². The zero-order valence-electron chi connectivity index (χ0n) is 27.8. The van der Waals surface area contributed by atoms with E-state index >= 15 is 0 Å². The number of nitrogens with one attached hydrogen (secondary N) is 2. The van der Waals surface area contributed by atoms with Gasteiger partial charge in [-0.1, -0.05) is 164 Å². The molecule has 2 atom stereocenters. The predicted molar refractivity (Wildman–Crippen MR) is 211 cm³/mol. The van der Waals surface area contributed by atoms with Gasteiger partial charge in [-0.2, -0.15) is 0 Å². The number of hydrogen-bond donors (Lipinski definition) is 2. The fourth-order valence-electron chi connectivity index (χ4n) is 7.63. The van der Waals surface area contributed by atoms with Crippen molar-refractivity contribution in [2.75, 3.05) is 0 Å². The van der Waals surface area contributed by atoms with Gasteiger partial charge in [-0.15, -0.1) is 0 Å². The van der Waals surface area contributed by atoms with Gasteiger partial charge in [-0.3, -0.25) is 5.32 Å². The molecule has 2 unspecified atom stereocenters. The quantitative estimate of drug-likeness (QED) is 0.194.